The number of benzene rings is 2. The predicted octanol–water partition coefficient (Wildman–Crippen LogP) is 4.81. The first-order chi connectivity index (χ1) is 10.1. The molecule has 4 heteroatoms. The molecule has 0 bridgehead atoms. The Morgan fingerprint density at radius 2 is 1.86 bits per heavy atom. The molecule has 2 aromatic carbocycles. The van der Waals surface area contributed by atoms with Crippen LogP contribution in [0.2, 0.25) is 0 Å². The van der Waals surface area contributed by atoms with E-state index in [-0.39, 0.29) is 6.04 Å². The zero-order chi connectivity index (χ0) is 14.8. The quantitative estimate of drug-likeness (QED) is 0.742. The highest BCUT2D eigenvalue weighted by molar-refractivity contribution is 9.10. The standard InChI is InChI=1S/C17H15BrN2O/c1-11(19)15-7-6-13(9-16(15)18)21-14-5-4-12-3-2-8-20-17(12)10-14/h2-11H,19H2,1H3/t11-/m0/s1. The molecule has 1 heterocycles. The van der Waals surface area contributed by atoms with Crippen molar-refractivity contribution in [1.29, 1.82) is 0 Å². The monoisotopic (exact) mass is 342 g/mol. The number of ether oxygens (including phenoxy) is 1. The normalized spacial score (nSPS) is 12.3. The first kappa shape index (κ1) is 14.0. The van der Waals surface area contributed by atoms with Gasteiger partial charge in [-0.3, -0.25) is 4.98 Å². The van der Waals surface area contributed by atoms with Crippen molar-refractivity contribution in [1.82, 2.24) is 4.98 Å². The van der Waals surface area contributed by atoms with Gasteiger partial charge in [0.1, 0.15) is 11.5 Å². The lowest BCUT2D eigenvalue weighted by atomic mass is 10.1. The Morgan fingerprint density at radius 3 is 2.62 bits per heavy atom. The second-order valence-corrected chi connectivity index (χ2v) is 5.79. The minimum Gasteiger partial charge on any atom is -0.457 e. The van der Waals surface area contributed by atoms with E-state index in [1.54, 1.807) is 6.20 Å². The second-order valence-electron chi connectivity index (χ2n) is 4.93. The molecule has 0 aliphatic rings. The second kappa shape index (κ2) is 5.84. The molecule has 0 aliphatic heterocycles. The van der Waals surface area contributed by atoms with E-state index in [2.05, 4.69) is 20.9 Å². The molecule has 3 aromatic rings. The van der Waals surface area contributed by atoms with E-state index in [4.69, 9.17) is 10.5 Å². The first-order valence-electron chi connectivity index (χ1n) is 6.71. The van der Waals surface area contributed by atoms with E-state index in [0.717, 1.165) is 32.4 Å². The summed E-state index contributed by atoms with van der Waals surface area (Å²) in [5.41, 5.74) is 7.88. The number of rotatable bonds is 3. The molecule has 2 N–H and O–H groups in total. The molecule has 1 atom stereocenters. The number of fused-ring (bicyclic) bond motifs is 1. The minimum atomic E-state index is -0.0155. The Morgan fingerprint density at radius 1 is 1.10 bits per heavy atom. The highest BCUT2D eigenvalue weighted by Crippen LogP contribution is 2.30. The lowest BCUT2D eigenvalue weighted by molar-refractivity contribution is 0.482. The van der Waals surface area contributed by atoms with Gasteiger partial charge in [0.15, 0.2) is 0 Å². The number of hydrogen-bond donors (Lipinski definition) is 1. The largest absolute Gasteiger partial charge is 0.457 e. The smallest absolute Gasteiger partial charge is 0.129 e. The van der Waals surface area contributed by atoms with Gasteiger partial charge in [-0.25, -0.2) is 0 Å². The summed E-state index contributed by atoms with van der Waals surface area (Å²) in [6, 6.07) is 15.6. The Kier molecular flexibility index (Phi) is 3.90. The Labute approximate surface area is 131 Å². The molecule has 21 heavy (non-hydrogen) atoms. The molecule has 0 fully saturated rings. The van der Waals surface area contributed by atoms with Gasteiger partial charge in [0, 0.05) is 28.2 Å². The van der Waals surface area contributed by atoms with Crippen LogP contribution in [-0.2, 0) is 0 Å². The van der Waals surface area contributed by atoms with Crippen LogP contribution in [0.15, 0.2) is 59.2 Å². The molecule has 3 nitrogen and oxygen atoms in total. The number of nitrogens with two attached hydrogens (primary N) is 1. The fourth-order valence-electron chi connectivity index (χ4n) is 2.19. The van der Waals surface area contributed by atoms with E-state index < -0.39 is 0 Å². The van der Waals surface area contributed by atoms with E-state index in [9.17, 15) is 0 Å². The molecule has 0 spiro atoms. The number of hydrogen-bond acceptors (Lipinski definition) is 3. The highest BCUT2D eigenvalue weighted by Gasteiger charge is 2.07. The van der Waals surface area contributed by atoms with E-state index in [0.29, 0.717) is 0 Å². The van der Waals surface area contributed by atoms with Crippen molar-refractivity contribution in [2.75, 3.05) is 0 Å². The maximum Gasteiger partial charge on any atom is 0.129 e. The van der Waals surface area contributed by atoms with E-state index in [1.165, 1.54) is 0 Å². The van der Waals surface area contributed by atoms with Crippen LogP contribution in [0.4, 0.5) is 0 Å². The zero-order valence-electron chi connectivity index (χ0n) is 11.6. The summed E-state index contributed by atoms with van der Waals surface area (Å²) < 4.78 is 6.84. The summed E-state index contributed by atoms with van der Waals surface area (Å²) in [7, 11) is 0. The molecule has 0 saturated carbocycles. The van der Waals surface area contributed by atoms with Crippen LogP contribution in [0.5, 0.6) is 11.5 Å². The van der Waals surface area contributed by atoms with Crippen molar-refractivity contribution in [3.8, 4) is 11.5 Å². The number of pyridine rings is 1. The fraction of sp³-hybridized carbons (Fsp3) is 0.118. The maximum atomic E-state index is 5.90. The van der Waals surface area contributed by atoms with Gasteiger partial charge in [0.05, 0.1) is 5.52 Å². The highest BCUT2D eigenvalue weighted by atomic mass is 79.9. The summed E-state index contributed by atoms with van der Waals surface area (Å²) in [4.78, 5) is 4.33. The topological polar surface area (TPSA) is 48.1 Å². The van der Waals surface area contributed by atoms with Crippen molar-refractivity contribution < 1.29 is 4.74 Å². The van der Waals surface area contributed by atoms with Crippen LogP contribution in [0.1, 0.15) is 18.5 Å². The van der Waals surface area contributed by atoms with Gasteiger partial charge >= 0.3 is 0 Å². The summed E-state index contributed by atoms with van der Waals surface area (Å²) in [6.07, 6.45) is 1.78. The van der Waals surface area contributed by atoms with Gasteiger partial charge in [0.2, 0.25) is 0 Å². The van der Waals surface area contributed by atoms with Gasteiger partial charge in [-0.15, -0.1) is 0 Å². The molecule has 0 aliphatic carbocycles. The number of nitrogens with zero attached hydrogens (tertiary/aromatic N) is 1. The van der Waals surface area contributed by atoms with Crippen molar-refractivity contribution in [3.63, 3.8) is 0 Å². The van der Waals surface area contributed by atoms with Gasteiger partial charge < -0.3 is 10.5 Å². The van der Waals surface area contributed by atoms with Crippen molar-refractivity contribution in [2.45, 2.75) is 13.0 Å². The van der Waals surface area contributed by atoms with E-state index >= 15 is 0 Å². The Bertz CT molecular complexity index is 787. The summed E-state index contributed by atoms with van der Waals surface area (Å²) in [5.74, 6) is 1.53. The Hall–Kier alpha value is -1.91. The lowest BCUT2D eigenvalue weighted by Gasteiger charge is -2.11. The van der Waals surface area contributed by atoms with Crippen LogP contribution in [-0.4, -0.2) is 4.98 Å². The average molecular weight is 343 g/mol. The van der Waals surface area contributed by atoms with E-state index in [1.807, 2.05) is 55.5 Å². The third-order valence-electron chi connectivity index (χ3n) is 3.28. The molecule has 106 valence electrons. The molecule has 0 saturated heterocycles. The van der Waals surface area contributed by atoms with Gasteiger partial charge in [-0.05, 0) is 42.8 Å². The van der Waals surface area contributed by atoms with Gasteiger partial charge in [0.25, 0.3) is 0 Å². The van der Waals surface area contributed by atoms with Crippen molar-refractivity contribution in [3.05, 3.63) is 64.8 Å². The number of halogens is 1. The molecule has 0 amide bonds. The molecule has 0 unspecified atom stereocenters. The van der Waals surface area contributed by atoms with Crippen LogP contribution < -0.4 is 10.5 Å². The summed E-state index contributed by atoms with van der Waals surface area (Å²) >= 11 is 3.53. The molecule has 1 aromatic heterocycles. The molecule has 0 radical (unpaired) electrons. The maximum absolute atomic E-state index is 5.90. The fourth-order valence-corrected chi connectivity index (χ4v) is 2.91. The van der Waals surface area contributed by atoms with Crippen molar-refractivity contribution >= 4 is 26.8 Å². The SMILES string of the molecule is C[C@H](N)c1ccc(Oc2ccc3cccnc3c2)cc1Br. The molecular formula is C17H15BrN2O. The van der Waals surface area contributed by atoms with Gasteiger partial charge in [-0.1, -0.05) is 28.1 Å². The summed E-state index contributed by atoms with van der Waals surface area (Å²) in [6.45, 7) is 1.95. The first-order valence-corrected chi connectivity index (χ1v) is 7.50. The van der Waals surface area contributed by atoms with Crippen LogP contribution in [0.3, 0.4) is 0 Å². The lowest BCUT2D eigenvalue weighted by Crippen LogP contribution is -2.05. The average Bonchev–Trinajstić information content (AvgIpc) is 2.47. The number of aromatic nitrogens is 1. The third kappa shape index (κ3) is 3.06. The minimum absolute atomic E-state index is 0.0155. The molecule has 3 rings (SSSR count). The summed E-state index contributed by atoms with van der Waals surface area (Å²) in [5, 5.41) is 1.10. The molecular weight excluding hydrogens is 328 g/mol. The van der Waals surface area contributed by atoms with Crippen LogP contribution >= 0.6 is 15.9 Å². The van der Waals surface area contributed by atoms with Crippen molar-refractivity contribution in [2.24, 2.45) is 5.73 Å². The predicted molar refractivity (Wildman–Crippen MR) is 88.6 cm³/mol. The van der Waals surface area contributed by atoms with Crippen LogP contribution in [0, 0.1) is 0 Å². The van der Waals surface area contributed by atoms with Crippen LogP contribution in [0.25, 0.3) is 10.9 Å². The Balaban J connectivity index is 1.89. The van der Waals surface area contributed by atoms with Gasteiger partial charge in [-0.2, -0.15) is 0 Å². The zero-order valence-corrected chi connectivity index (χ0v) is 13.2. The third-order valence-corrected chi connectivity index (χ3v) is 3.96.